The molecule has 2 aromatic rings. The minimum atomic E-state index is -1.21. The van der Waals surface area contributed by atoms with E-state index in [0.29, 0.717) is 11.4 Å². The fourth-order valence-electron chi connectivity index (χ4n) is 2.84. The molecule has 2 N–H and O–H groups in total. The highest BCUT2D eigenvalue weighted by Gasteiger charge is 2.36. The Bertz CT molecular complexity index is 837. The zero-order chi connectivity index (χ0) is 20.9. The standard InChI is InChI=1S/C23H31N3O2/c1-7-26(8-2)20-13-11-18(12-14-20)24-21(27)23(5,6)22(28)25-19-10-9-16(3)17(4)15-19/h9-15H,7-8H2,1-6H3,(H,24,27)(H,25,28). The first kappa shape index (κ1) is 21.5. The number of hydrogen-bond donors (Lipinski definition) is 2. The highest BCUT2D eigenvalue weighted by atomic mass is 16.2. The minimum absolute atomic E-state index is 0.340. The maximum absolute atomic E-state index is 12.7. The number of carbonyl (C=O) groups excluding carboxylic acids is 2. The van der Waals surface area contributed by atoms with Crippen molar-refractivity contribution in [1.29, 1.82) is 0 Å². The van der Waals surface area contributed by atoms with E-state index in [1.54, 1.807) is 13.8 Å². The van der Waals surface area contributed by atoms with Crippen molar-refractivity contribution in [2.75, 3.05) is 28.6 Å². The van der Waals surface area contributed by atoms with Crippen molar-refractivity contribution in [1.82, 2.24) is 0 Å². The van der Waals surface area contributed by atoms with Gasteiger partial charge >= 0.3 is 0 Å². The SMILES string of the molecule is CCN(CC)c1ccc(NC(=O)C(C)(C)C(=O)Nc2ccc(C)c(C)c2)cc1. The third-order valence-electron chi connectivity index (χ3n) is 5.15. The van der Waals surface area contributed by atoms with Crippen LogP contribution in [-0.4, -0.2) is 24.9 Å². The number of nitrogens with zero attached hydrogens (tertiary/aromatic N) is 1. The van der Waals surface area contributed by atoms with Gasteiger partial charge in [0.2, 0.25) is 11.8 Å². The molecule has 2 aromatic carbocycles. The lowest BCUT2D eigenvalue weighted by molar-refractivity contribution is -0.135. The first-order chi connectivity index (χ1) is 13.2. The minimum Gasteiger partial charge on any atom is -0.372 e. The quantitative estimate of drug-likeness (QED) is 0.680. The van der Waals surface area contributed by atoms with Crippen molar-refractivity contribution in [2.45, 2.75) is 41.5 Å². The van der Waals surface area contributed by atoms with Crippen molar-refractivity contribution in [3.05, 3.63) is 53.6 Å². The molecule has 0 saturated carbocycles. The van der Waals surface area contributed by atoms with Gasteiger partial charge in [-0.05, 0) is 89.1 Å². The Labute approximate surface area is 168 Å². The molecule has 2 amide bonds. The van der Waals surface area contributed by atoms with E-state index in [-0.39, 0.29) is 11.8 Å². The summed E-state index contributed by atoms with van der Waals surface area (Å²) in [4.78, 5) is 27.7. The number of benzene rings is 2. The third kappa shape index (κ3) is 4.91. The van der Waals surface area contributed by atoms with Crippen LogP contribution in [0.3, 0.4) is 0 Å². The van der Waals surface area contributed by atoms with E-state index in [2.05, 4.69) is 29.4 Å². The summed E-state index contributed by atoms with van der Waals surface area (Å²) in [6.07, 6.45) is 0. The summed E-state index contributed by atoms with van der Waals surface area (Å²) in [5.41, 5.74) is 3.51. The first-order valence-corrected chi connectivity index (χ1v) is 9.74. The largest absolute Gasteiger partial charge is 0.372 e. The van der Waals surface area contributed by atoms with E-state index in [0.717, 1.165) is 29.9 Å². The maximum atomic E-state index is 12.7. The molecular formula is C23H31N3O2. The molecule has 0 aromatic heterocycles. The molecule has 0 aliphatic heterocycles. The number of rotatable bonds is 7. The molecule has 5 heteroatoms. The molecule has 0 heterocycles. The number of carbonyl (C=O) groups is 2. The van der Waals surface area contributed by atoms with Crippen LogP contribution in [0.15, 0.2) is 42.5 Å². The first-order valence-electron chi connectivity index (χ1n) is 9.74. The number of amides is 2. The van der Waals surface area contributed by atoms with Gasteiger partial charge in [0.25, 0.3) is 0 Å². The molecule has 0 radical (unpaired) electrons. The van der Waals surface area contributed by atoms with E-state index in [1.165, 1.54) is 0 Å². The average Bonchev–Trinajstić information content (AvgIpc) is 2.67. The molecule has 0 aliphatic carbocycles. The fraction of sp³-hybridized carbons (Fsp3) is 0.391. The Kier molecular flexibility index (Phi) is 6.84. The second-order valence-electron chi connectivity index (χ2n) is 7.55. The van der Waals surface area contributed by atoms with E-state index in [9.17, 15) is 9.59 Å². The number of hydrogen-bond acceptors (Lipinski definition) is 3. The van der Waals surface area contributed by atoms with Gasteiger partial charge in [-0.25, -0.2) is 0 Å². The Morgan fingerprint density at radius 1 is 0.821 bits per heavy atom. The highest BCUT2D eigenvalue weighted by Crippen LogP contribution is 2.24. The summed E-state index contributed by atoms with van der Waals surface area (Å²) in [7, 11) is 0. The second kappa shape index (κ2) is 8.91. The number of anilines is 3. The summed E-state index contributed by atoms with van der Waals surface area (Å²) in [5, 5.41) is 5.70. The Hall–Kier alpha value is -2.82. The zero-order valence-corrected chi connectivity index (χ0v) is 17.7. The van der Waals surface area contributed by atoms with Crippen LogP contribution in [0.1, 0.15) is 38.8 Å². The second-order valence-corrected chi connectivity index (χ2v) is 7.55. The van der Waals surface area contributed by atoms with Crippen LogP contribution >= 0.6 is 0 Å². The van der Waals surface area contributed by atoms with Crippen molar-refractivity contribution in [3.63, 3.8) is 0 Å². The van der Waals surface area contributed by atoms with Crippen molar-refractivity contribution in [2.24, 2.45) is 5.41 Å². The van der Waals surface area contributed by atoms with Gasteiger partial charge in [-0.15, -0.1) is 0 Å². The van der Waals surface area contributed by atoms with Gasteiger partial charge in [0.1, 0.15) is 5.41 Å². The highest BCUT2D eigenvalue weighted by molar-refractivity contribution is 6.14. The van der Waals surface area contributed by atoms with E-state index in [1.807, 2.05) is 56.3 Å². The molecule has 0 saturated heterocycles. The molecule has 150 valence electrons. The smallest absolute Gasteiger partial charge is 0.239 e. The van der Waals surface area contributed by atoms with E-state index >= 15 is 0 Å². The van der Waals surface area contributed by atoms with Gasteiger partial charge in [0.15, 0.2) is 0 Å². The summed E-state index contributed by atoms with van der Waals surface area (Å²) in [6.45, 7) is 13.3. The Morgan fingerprint density at radius 2 is 1.32 bits per heavy atom. The molecule has 0 atom stereocenters. The van der Waals surface area contributed by atoms with Gasteiger partial charge in [-0.1, -0.05) is 6.07 Å². The van der Waals surface area contributed by atoms with Crippen molar-refractivity contribution >= 4 is 28.9 Å². The van der Waals surface area contributed by atoms with Crippen molar-refractivity contribution < 1.29 is 9.59 Å². The Morgan fingerprint density at radius 3 is 1.82 bits per heavy atom. The molecular weight excluding hydrogens is 350 g/mol. The molecule has 0 fully saturated rings. The van der Waals surface area contributed by atoms with Gasteiger partial charge in [-0.2, -0.15) is 0 Å². The van der Waals surface area contributed by atoms with E-state index < -0.39 is 5.41 Å². The maximum Gasteiger partial charge on any atom is 0.239 e. The van der Waals surface area contributed by atoms with Gasteiger partial charge in [-0.3, -0.25) is 9.59 Å². The van der Waals surface area contributed by atoms with Crippen LogP contribution in [0.4, 0.5) is 17.1 Å². The number of aryl methyl sites for hydroxylation is 2. The predicted molar refractivity (Wildman–Crippen MR) is 117 cm³/mol. The topological polar surface area (TPSA) is 61.4 Å². The fourth-order valence-corrected chi connectivity index (χ4v) is 2.84. The van der Waals surface area contributed by atoms with Crippen LogP contribution in [-0.2, 0) is 9.59 Å². The summed E-state index contributed by atoms with van der Waals surface area (Å²) >= 11 is 0. The molecule has 0 aliphatic rings. The van der Waals surface area contributed by atoms with Gasteiger partial charge in [0, 0.05) is 30.2 Å². The number of nitrogens with one attached hydrogen (secondary N) is 2. The zero-order valence-electron chi connectivity index (χ0n) is 17.7. The normalized spacial score (nSPS) is 11.1. The average molecular weight is 382 g/mol. The molecule has 28 heavy (non-hydrogen) atoms. The Balaban J connectivity index is 2.06. The molecule has 2 rings (SSSR count). The van der Waals surface area contributed by atoms with Crippen LogP contribution in [0.5, 0.6) is 0 Å². The van der Waals surface area contributed by atoms with Crippen LogP contribution in [0.2, 0.25) is 0 Å². The van der Waals surface area contributed by atoms with Crippen molar-refractivity contribution in [3.8, 4) is 0 Å². The lowest BCUT2D eigenvalue weighted by Gasteiger charge is -2.24. The molecule has 5 nitrogen and oxygen atoms in total. The predicted octanol–water partition coefficient (Wildman–Crippen LogP) is 4.75. The van der Waals surface area contributed by atoms with E-state index in [4.69, 9.17) is 0 Å². The van der Waals surface area contributed by atoms with Gasteiger partial charge in [0.05, 0.1) is 0 Å². The molecule has 0 unspecified atom stereocenters. The monoisotopic (exact) mass is 381 g/mol. The molecule has 0 bridgehead atoms. The van der Waals surface area contributed by atoms with Gasteiger partial charge < -0.3 is 15.5 Å². The summed E-state index contributed by atoms with van der Waals surface area (Å²) < 4.78 is 0. The summed E-state index contributed by atoms with van der Waals surface area (Å²) in [6, 6.07) is 13.4. The third-order valence-corrected chi connectivity index (χ3v) is 5.15. The molecule has 0 spiro atoms. The lowest BCUT2D eigenvalue weighted by atomic mass is 9.90. The summed E-state index contributed by atoms with van der Waals surface area (Å²) in [5.74, 6) is -0.683. The lowest BCUT2D eigenvalue weighted by Crippen LogP contribution is -2.41. The van der Waals surface area contributed by atoms with Crippen LogP contribution in [0.25, 0.3) is 0 Å². The van der Waals surface area contributed by atoms with Crippen LogP contribution in [0, 0.1) is 19.3 Å². The van der Waals surface area contributed by atoms with Crippen LogP contribution < -0.4 is 15.5 Å².